The van der Waals surface area contributed by atoms with E-state index in [1.807, 2.05) is 30.3 Å². The van der Waals surface area contributed by atoms with E-state index in [1.165, 1.54) is 0 Å². The van der Waals surface area contributed by atoms with Gasteiger partial charge in [0, 0.05) is 25.5 Å². The molecule has 0 radical (unpaired) electrons. The molecule has 1 heterocycles. The highest BCUT2D eigenvalue weighted by atomic mass is 127. The highest BCUT2D eigenvalue weighted by molar-refractivity contribution is 5.75. The van der Waals surface area contributed by atoms with Gasteiger partial charge in [0.15, 0.2) is 17.9 Å². The Bertz CT molecular complexity index is 679. The Labute approximate surface area is 142 Å². The van der Waals surface area contributed by atoms with Gasteiger partial charge in [0.05, 0.1) is 0 Å². The lowest BCUT2D eigenvalue weighted by Gasteiger charge is -2.23. The maximum atomic E-state index is 9.57. The fourth-order valence-corrected chi connectivity index (χ4v) is 2.55. The number of hydrogen-bond acceptors (Lipinski definition) is 1. The lowest BCUT2D eigenvalue weighted by molar-refractivity contribution is -0.748. The highest BCUT2D eigenvalue weighted by Crippen LogP contribution is 2.29. The van der Waals surface area contributed by atoms with Crippen LogP contribution >= 0.6 is 0 Å². The van der Waals surface area contributed by atoms with Crippen LogP contribution in [0.2, 0.25) is 0 Å². The van der Waals surface area contributed by atoms with Gasteiger partial charge in [-0.15, -0.1) is 0 Å². The molecule has 1 aliphatic rings. The molecule has 2 aromatic rings. The number of allylic oxidation sites excluding steroid dienone is 4. The zero-order chi connectivity index (χ0) is 14.0. The Morgan fingerprint density at radius 2 is 1.86 bits per heavy atom. The molecular weight excluding hydrogens is 373 g/mol. The number of aromatic hydroxyl groups is 1. The molecule has 1 atom stereocenters. The number of phenols is 1. The molecule has 3 heteroatoms. The lowest BCUT2D eigenvalue weighted by Crippen LogP contribution is -3.00. The number of aromatic nitrogens is 1. The normalized spacial score (nSPS) is 20.5. The zero-order valence-electron chi connectivity index (χ0n) is 11.9. The summed E-state index contributed by atoms with van der Waals surface area (Å²) >= 11 is 0. The number of phenolic OH excluding ortho intramolecular Hbond substituents is 1. The summed E-state index contributed by atoms with van der Waals surface area (Å²) in [5.74, 6) is 0.308. The first-order valence-electron chi connectivity index (χ1n) is 6.83. The molecule has 0 aliphatic heterocycles. The van der Waals surface area contributed by atoms with E-state index in [0.717, 1.165) is 17.6 Å². The predicted octanol–water partition coefficient (Wildman–Crippen LogP) is 0.442. The first-order valence-corrected chi connectivity index (χ1v) is 6.83. The summed E-state index contributed by atoms with van der Waals surface area (Å²) in [4.78, 5) is 0. The quantitative estimate of drug-likeness (QED) is 0.583. The van der Waals surface area contributed by atoms with Crippen molar-refractivity contribution in [1.29, 1.82) is 0 Å². The molecule has 1 unspecified atom stereocenters. The molecule has 0 saturated carbocycles. The van der Waals surface area contributed by atoms with Gasteiger partial charge in [-0.05, 0) is 29.3 Å². The third-order valence-electron chi connectivity index (χ3n) is 3.84. The summed E-state index contributed by atoms with van der Waals surface area (Å²) in [7, 11) is 0. The molecule has 0 amide bonds. The van der Waals surface area contributed by atoms with Gasteiger partial charge < -0.3 is 29.1 Å². The van der Waals surface area contributed by atoms with Crippen LogP contribution < -0.4 is 28.5 Å². The fraction of sp³-hybridized carbons (Fsp3) is 0.167. The number of nitrogens with zero attached hydrogens (tertiary/aromatic N) is 1. The SMILES string of the molecule is CC1([n+]2ccccc2)C=CC(c2cccc(O)c2)=CC1.[I-]. The van der Waals surface area contributed by atoms with Crippen LogP contribution in [0, 0.1) is 0 Å². The second kappa shape index (κ2) is 6.43. The largest absolute Gasteiger partial charge is 1.00 e. The Balaban J connectivity index is 0.00000161. The van der Waals surface area contributed by atoms with E-state index in [1.54, 1.807) is 12.1 Å². The van der Waals surface area contributed by atoms with Crippen LogP contribution in [0.4, 0.5) is 0 Å². The molecule has 21 heavy (non-hydrogen) atoms. The number of hydrogen-bond donors (Lipinski definition) is 1. The molecule has 1 aromatic carbocycles. The van der Waals surface area contributed by atoms with Gasteiger partial charge in [-0.3, -0.25) is 0 Å². The molecule has 0 saturated heterocycles. The minimum atomic E-state index is -0.0262. The molecule has 3 rings (SSSR count). The molecule has 0 spiro atoms. The van der Waals surface area contributed by atoms with E-state index < -0.39 is 0 Å². The summed E-state index contributed by atoms with van der Waals surface area (Å²) in [6.07, 6.45) is 11.7. The van der Waals surface area contributed by atoms with Crippen molar-refractivity contribution in [3.8, 4) is 5.75 Å². The van der Waals surface area contributed by atoms with Crippen molar-refractivity contribution >= 4 is 5.57 Å². The summed E-state index contributed by atoms with van der Waals surface area (Å²) in [5, 5.41) is 9.57. The van der Waals surface area contributed by atoms with E-state index in [9.17, 15) is 5.11 Å². The molecular formula is C18H18INO. The van der Waals surface area contributed by atoms with Crippen LogP contribution in [-0.4, -0.2) is 5.11 Å². The van der Waals surface area contributed by atoms with Gasteiger partial charge in [0.2, 0.25) is 0 Å². The van der Waals surface area contributed by atoms with Gasteiger partial charge in [-0.25, -0.2) is 0 Å². The summed E-state index contributed by atoms with van der Waals surface area (Å²) < 4.78 is 2.22. The van der Waals surface area contributed by atoms with E-state index in [4.69, 9.17) is 0 Å². The Morgan fingerprint density at radius 3 is 2.48 bits per heavy atom. The van der Waals surface area contributed by atoms with E-state index in [2.05, 4.69) is 42.1 Å². The van der Waals surface area contributed by atoms with Gasteiger partial charge >= 0.3 is 0 Å². The summed E-state index contributed by atoms with van der Waals surface area (Å²) in [6.45, 7) is 2.22. The maximum Gasteiger partial charge on any atom is 0.187 e. The zero-order valence-corrected chi connectivity index (χ0v) is 14.1. The second-order valence-corrected chi connectivity index (χ2v) is 5.39. The number of benzene rings is 1. The van der Waals surface area contributed by atoms with Crippen molar-refractivity contribution in [3.63, 3.8) is 0 Å². The van der Waals surface area contributed by atoms with Gasteiger partial charge in [-0.1, -0.05) is 30.4 Å². The number of pyridine rings is 1. The molecule has 108 valence electrons. The Hall–Kier alpha value is -1.62. The average Bonchev–Trinajstić information content (AvgIpc) is 2.49. The van der Waals surface area contributed by atoms with Crippen molar-refractivity contribution in [3.05, 3.63) is 78.6 Å². The molecule has 1 N–H and O–H groups in total. The van der Waals surface area contributed by atoms with Crippen molar-refractivity contribution < 1.29 is 33.7 Å². The van der Waals surface area contributed by atoms with Crippen LogP contribution in [0.1, 0.15) is 18.9 Å². The van der Waals surface area contributed by atoms with Crippen LogP contribution in [-0.2, 0) is 5.54 Å². The van der Waals surface area contributed by atoms with Crippen molar-refractivity contribution in [2.75, 3.05) is 0 Å². The minimum Gasteiger partial charge on any atom is -1.00 e. The molecule has 0 bridgehead atoms. The monoisotopic (exact) mass is 391 g/mol. The van der Waals surface area contributed by atoms with E-state index in [0.29, 0.717) is 5.75 Å². The molecule has 1 aromatic heterocycles. The van der Waals surface area contributed by atoms with Crippen LogP contribution in [0.3, 0.4) is 0 Å². The molecule has 1 aliphatic carbocycles. The molecule has 2 nitrogen and oxygen atoms in total. The second-order valence-electron chi connectivity index (χ2n) is 5.39. The minimum absolute atomic E-state index is 0. The first-order chi connectivity index (χ1) is 9.67. The van der Waals surface area contributed by atoms with Crippen molar-refractivity contribution in [2.24, 2.45) is 0 Å². The number of rotatable bonds is 2. The predicted molar refractivity (Wildman–Crippen MR) is 80.1 cm³/mol. The van der Waals surface area contributed by atoms with Gasteiger partial charge in [0.1, 0.15) is 5.75 Å². The van der Waals surface area contributed by atoms with Crippen molar-refractivity contribution in [2.45, 2.75) is 18.9 Å². The Morgan fingerprint density at radius 1 is 1.10 bits per heavy atom. The standard InChI is InChI=1S/C18H17NO.HI/c1-18(19-12-3-2-4-13-19)10-8-15(9-11-18)16-6-5-7-17(20)14-16;/h2-10,12-14H,11H2,1H3;1H. The van der Waals surface area contributed by atoms with E-state index in [-0.39, 0.29) is 29.5 Å². The molecule has 0 fully saturated rings. The van der Waals surface area contributed by atoms with Crippen LogP contribution in [0.5, 0.6) is 5.75 Å². The fourth-order valence-electron chi connectivity index (χ4n) is 2.55. The van der Waals surface area contributed by atoms with Crippen LogP contribution in [0.15, 0.2) is 73.1 Å². The maximum absolute atomic E-state index is 9.57. The number of halogens is 1. The first kappa shape index (κ1) is 15.8. The Kier molecular flexibility index (Phi) is 4.83. The van der Waals surface area contributed by atoms with Crippen LogP contribution in [0.25, 0.3) is 5.57 Å². The third kappa shape index (κ3) is 3.35. The van der Waals surface area contributed by atoms with Gasteiger partial charge in [-0.2, -0.15) is 4.57 Å². The van der Waals surface area contributed by atoms with Gasteiger partial charge in [0.25, 0.3) is 0 Å². The highest BCUT2D eigenvalue weighted by Gasteiger charge is 2.31. The van der Waals surface area contributed by atoms with E-state index >= 15 is 0 Å². The topological polar surface area (TPSA) is 24.1 Å². The lowest BCUT2D eigenvalue weighted by atomic mass is 9.88. The summed E-state index contributed by atoms with van der Waals surface area (Å²) in [6, 6.07) is 13.5. The van der Waals surface area contributed by atoms with Crippen molar-refractivity contribution in [1.82, 2.24) is 0 Å². The third-order valence-corrected chi connectivity index (χ3v) is 3.84. The average molecular weight is 391 g/mol. The summed E-state index contributed by atoms with van der Waals surface area (Å²) in [5.41, 5.74) is 2.19. The smallest absolute Gasteiger partial charge is 0.187 e.